The van der Waals surface area contributed by atoms with Crippen molar-refractivity contribution in [2.45, 2.75) is 19.4 Å². The van der Waals surface area contributed by atoms with E-state index in [0.717, 1.165) is 31.5 Å². The number of carbonyl (C=O) groups is 1. The van der Waals surface area contributed by atoms with Crippen molar-refractivity contribution in [3.63, 3.8) is 0 Å². The summed E-state index contributed by atoms with van der Waals surface area (Å²) >= 11 is 0. The molecule has 0 radical (unpaired) electrons. The lowest BCUT2D eigenvalue weighted by atomic mass is 10.1. The van der Waals surface area contributed by atoms with E-state index in [2.05, 4.69) is 4.90 Å². The molecule has 0 unspecified atom stereocenters. The number of hydrogen-bond donors (Lipinski definition) is 2. The molecule has 94 valence electrons. The predicted molar refractivity (Wildman–Crippen MR) is 66.1 cm³/mol. The third kappa shape index (κ3) is 4.97. The molecule has 4 nitrogen and oxygen atoms in total. The second-order valence-electron chi connectivity index (χ2n) is 4.17. The Balaban J connectivity index is 2.43. The predicted octanol–water partition coefficient (Wildman–Crippen LogP) is 1.59. The molecule has 4 heteroatoms. The van der Waals surface area contributed by atoms with Gasteiger partial charge in [-0.2, -0.15) is 0 Å². The Hall–Kier alpha value is -1.39. The Morgan fingerprint density at radius 1 is 1.24 bits per heavy atom. The lowest BCUT2D eigenvalue weighted by Crippen LogP contribution is -2.19. The third-order valence-corrected chi connectivity index (χ3v) is 2.60. The largest absolute Gasteiger partial charge is 0.478 e. The average Bonchev–Trinajstić information content (AvgIpc) is 2.30. The molecule has 1 aromatic rings. The fourth-order valence-electron chi connectivity index (χ4n) is 1.64. The molecule has 1 rings (SSSR count). The topological polar surface area (TPSA) is 60.8 Å². The molecule has 0 fully saturated rings. The van der Waals surface area contributed by atoms with Crippen molar-refractivity contribution in [3.8, 4) is 0 Å². The van der Waals surface area contributed by atoms with Crippen molar-refractivity contribution in [2.75, 3.05) is 20.2 Å². The summed E-state index contributed by atoms with van der Waals surface area (Å²) in [6.45, 7) is 1.97. The van der Waals surface area contributed by atoms with Gasteiger partial charge in [0, 0.05) is 13.2 Å². The number of carboxylic acid groups (broad SMARTS) is 1. The van der Waals surface area contributed by atoms with Crippen molar-refractivity contribution in [1.29, 1.82) is 0 Å². The smallest absolute Gasteiger partial charge is 0.335 e. The van der Waals surface area contributed by atoms with E-state index in [4.69, 9.17) is 10.2 Å². The molecule has 17 heavy (non-hydrogen) atoms. The molecule has 0 atom stereocenters. The fourth-order valence-corrected chi connectivity index (χ4v) is 1.64. The molecule has 0 aromatic heterocycles. The molecule has 0 aliphatic heterocycles. The van der Waals surface area contributed by atoms with Gasteiger partial charge in [0.15, 0.2) is 0 Å². The van der Waals surface area contributed by atoms with Crippen LogP contribution in [0, 0.1) is 0 Å². The van der Waals surface area contributed by atoms with Gasteiger partial charge in [0.05, 0.1) is 5.56 Å². The van der Waals surface area contributed by atoms with Crippen LogP contribution >= 0.6 is 0 Å². The Bertz CT molecular complexity index is 348. The first-order chi connectivity index (χ1) is 8.13. The maximum atomic E-state index is 10.7. The molecule has 0 bridgehead atoms. The second-order valence-corrected chi connectivity index (χ2v) is 4.17. The van der Waals surface area contributed by atoms with Gasteiger partial charge in [-0.1, -0.05) is 12.1 Å². The standard InChI is InChI=1S/C13H19NO3/c1-14(8-2-3-9-15)10-11-4-6-12(7-5-11)13(16)17/h4-7,15H,2-3,8-10H2,1H3,(H,16,17). The summed E-state index contributed by atoms with van der Waals surface area (Å²) in [5, 5.41) is 17.4. The van der Waals surface area contributed by atoms with Crippen molar-refractivity contribution in [1.82, 2.24) is 4.90 Å². The van der Waals surface area contributed by atoms with Gasteiger partial charge in [-0.3, -0.25) is 0 Å². The Morgan fingerprint density at radius 2 is 1.88 bits per heavy atom. The van der Waals surface area contributed by atoms with Crippen LogP contribution in [-0.4, -0.2) is 41.3 Å². The quantitative estimate of drug-likeness (QED) is 0.707. The van der Waals surface area contributed by atoms with Crippen LogP contribution in [0.3, 0.4) is 0 Å². The maximum absolute atomic E-state index is 10.7. The number of aliphatic hydroxyl groups excluding tert-OH is 1. The summed E-state index contributed by atoms with van der Waals surface area (Å²) < 4.78 is 0. The fraction of sp³-hybridized carbons (Fsp3) is 0.462. The highest BCUT2D eigenvalue weighted by Gasteiger charge is 2.03. The van der Waals surface area contributed by atoms with Crippen molar-refractivity contribution in [2.24, 2.45) is 0 Å². The van der Waals surface area contributed by atoms with Crippen LogP contribution in [0.15, 0.2) is 24.3 Å². The Kier molecular flexibility index (Phi) is 5.66. The zero-order valence-electron chi connectivity index (χ0n) is 10.1. The van der Waals surface area contributed by atoms with E-state index in [-0.39, 0.29) is 6.61 Å². The molecule has 1 aromatic carbocycles. The molecule has 0 aliphatic carbocycles. The van der Waals surface area contributed by atoms with Gasteiger partial charge in [-0.05, 0) is 44.1 Å². The van der Waals surface area contributed by atoms with Gasteiger partial charge in [0.1, 0.15) is 0 Å². The van der Waals surface area contributed by atoms with Gasteiger partial charge in [0.25, 0.3) is 0 Å². The first kappa shape index (κ1) is 13.7. The highest BCUT2D eigenvalue weighted by atomic mass is 16.4. The van der Waals surface area contributed by atoms with Gasteiger partial charge >= 0.3 is 5.97 Å². The van der Waals surface area contributed by atoms with Crippen molar-refractivity contribution in [3.05, 3.63) is 35.4 Å². The molecule has 0 saturated carbocycles. The minimum Gasteiger partial charge on any atom is -0.478 e. The molecule has 0 saturated heterocycles. The minimum absolute atomic E-state index is 0.237. The van der Waals surface area contributed by atoms with E-state index < -0.39 is 5.97 Å². The summed E-state index contributed by atoms with van der Waals surface area (Å²) in [5.74, 6) is -0.896. The van der Waals surface area contributed by atoms with Crippen LogP contribution in [0.25, 0.3) is 0 Å². The average molecular weight is 237 g/mol. The SMILES string of the molecule is CN(CCCCO)Cc1ccc(C(=O)O)cc1. The van der Waals surface area contributed by atoms with Crippen molar-refractivity contribution < 1.29 is 15.0 Å². The second kappa shape index (κ2) is 7.04. The Morgan fingerprint density at radius 3 is 2.41 bits per heavy atom. The molecule has 0 spiro atoms. The highest BCUT2D eigenvalue weighted by Crippen LogP contribution is 2.07. The van der Waals surface area contributed by atoms with E-state index >= 15 is 0 Å². The first-order valence-electron chi connectivity index (χ1n) is 5.75. The monoisotopic (exact) mass is 237 g/mol. The van der Waals surface area contributed by atoms with Gasteiger partial charge < -0.3 is 15.1 Å². The van der Waals surface area contributed by atoms with E-state index in [1.54, 1.807) is 12.1 Å². The molecular formula is C13H19NO3. The van der Waals surface area contributed by atoms with Crippen LogP contribution in [0.2, 0.25) is 0 Å². The molecule has 2 N–H and O–H groups in total. The molecule has 0 heterocycles. The van der Waals surface area contributed by atoms with Crippen LogP contribution in [0.4, 0.5) is 0 Å². The lowest BCUT2D eigenvalue weighted by Gasteiger charge is -2.16. The number of unbranched alkanes of at least 4 members (excludes halogenated alkanes) is 1. The van der Waals surface area contributed by atoms with E-state index in [9.17, 15) is 4.79 Å². The molecular weight excluding hydrogens is 218 g/mol. The number of rotatable bonds is 7. The number of carboxylic acids is 1. The summed E-state index contributed by atoms with van der Waals surface area (Å²) in [6, 6.07) is 6.93. The number of nitrogens with zero attached hydrogens (tertiary/aromatic N) is 1. The lowest BCUT2D eigenvalue weighted by molar-refractivity contribution is 0.0697. The third-order valence-electron chi connectivity index (χ3n) is 2.60. The van der Waals surface area contributed by atoms with E-state index in [1.165, 1.54) is 0 Å². The highest BCUT2D eigenvalue weighted by molar-refractivity contribution is 5.87. The number of aliphatic hydroxyl groups is 1. The summed E-state index contributed by atoms with van der Waals surface area (Å²) in [6.07, 6.45) is 1.79. The normalized spacial score (nSPS) is 10.8. The number of hydrogen-bond acceptors (Lipinski definition) is 3. The number of aromatic carboxylic acids is 1. The van der Waals surface area contributed by atoms with Gasteiger partial charge in [0.2, 0.25) is 0 Å². The van der Waals surface area contributed by atoms with Gasteiger partial charge in [-0.15, -0.1) is 0 Å². The molecule has 0 aliphatic rings. The maximum Gasteiger partial charge on any atom is 0.335 e. The zero-order valence-corrected chi connectivity index (χ0v) is 10.1. The van der Waals surface area contributed by atoms with Crippen LogP contribution in [0.5, 0.6) is 0 Å². The van der Waals surface area contributed by atoms with E-state index in [1.807, 2.05) is 19.2 Å². The van der Waals surface area contributed by atoms with Crippen LogP contribution < -0.4 is 0 Å². The van der Waals surface area contributed by atoms with Gasteiger partial charge in [-0.25, -0.2) is 4.79 Å². The minimum atomic E-state index is -0.896. The number of benzene rings is 1. The zero-order chi connectivity index (χ0) is 12.7. The summed E-state index contributed by atoms with van der Waals surface area (Å²) in [5.41, 5.74) is 1.41. The van der Waals surface area contributed by atoms with E-state index in [0.29, 0.717) is 5.56 Å². The summed E-state index contributed by atoms with van der Waals surface area (Å²) in [4.78, 5) is 12.8. The molecule has 0 amide bonds. The van der Waals surface area contributed by atoms with Crippen molar-refractivity contribution >= 4 is 5.97 Å². The Labute approximate surface area is 101 Å². The first-order valence-corrected chi connectivity index (χ1v) is 5.75. The van der Waals surface area contributed by atoms with Crippen LogP contribution in [-0.2, 0) is 6.54 Å². The van der Waals surface area contributed by atoms with Crippen LogP contribution in [0.1, 0.15) is 28.8 Å². The summed E-state index contributed by atoms with van der Waals surface area (Å²) in [7, 11) is 2.02.